The Morgan fingerprint density at radius 2 is 1.94 bits per heavy atom. The first kappa shape index (κ1) is 12.5. The molecule has 0 aliphatic rings. The van der Waals surface area contributed by atoms with Crippen LogP contribution in [-0.2, 0) is 9.84 Å². The molecule has 0 spiro atoms. The number of aromatic nitrogens is 2. The maximum atomic E-state index is 11.7. The molecule has 5 nitrogen and oxygen atoms in total. The predicted molar refractivity (Wildman–Crippen MR) is 67.6 cm³/mol. The minimum absolute atomic E-state index is 0.296. The number of benzene rings is 1. The Morgan fingerprint density at radius 1 is 1.28 bits per heavy atom. The van der Waals surface area contributed by atoms with Gasteiger partial charge in [-0.2, -0.15) is 5.10 Å². The Balaban J connectivity index is 2.24. The molecule has 0 aliphatic heterocycles. The Morgan fingerprint density at radius 3 is 2.56 bits per heavy atom. The second-order valence-electron chi connectivity index (χ2n) is 4.00. The molecule has 2 aromatic rings. The highest BCUT2D eigenvalue weighted by Crippen LogP contribution is 2.08. The second-order valence-corrected chi connectivity index (χ2v) is 6.14. The lowest BCUT2D eigenvalue weighted by molar-refractivity contribution is 0.102. The van der Waals surface area contributed by atoms with Crippen molar-refractivity contribution < 1.29 is 13.2 Å². The fourth-order valence-electron chi connectivity index (χ4n) is 1.51. The molecular formula is C12H12N2O3S. The van der Waals surface area contributed by atoms with E-state index in [9.17, 15) is 13.2 Å². The maximum Gasteiger partial charge on any atom is 0.181 e. The zero-order valence-electron chi connectivity index (χ0n) is 9.78. The average molecular weight is 264 g/mol. The highest BCUT2D eigenvalue weighted by molar-refractivity contribution is 7.91. The van der Waals surface area contributed by atoms with Crippen LogP contribution in [0.25, 0.3) is 5.69 Å². The first-order valence-corrected chi connectivity index (χ1v) is 7.33. The van der Waals surface area contributed by atoms with Gasteiger partial charge in [-0.15, -0.1) is 0 Å². The number of sulfone groups is 1. The van der Waals surface area contributed by atoms with Crippen molar-refractivity contribution in [2.45, 2.75) is 0 Å². The summed E-state index contributed by atoms with van der Waals surface area (Å²) in [5, 5.41) is 4.04. The molecular weight excluding hydrogens is 252 g/mol. The van der Waals surface area contributed by atoms with Crippen LogP contribution in [0.4, 0.5) is 0 Å². The number of nitrogens with zero attached hydrogens (tertiary/aromatic N) is 2. The molecule has 1 aromatic heterocycles. The average Bonchev–Trinajstić information content (AvgIpc) is 2.77. The summed E-state index contributed by atoms with van der Waals surface area (Å²) in [6, 6.07) is 9.28. The quantitative estimate of drug-likeness (QED) is 0.775. The molecule has 0 atom stereocenters. The van der Waals surface area contributed by atoms with Gasteiger partial charge in [0, 0.05) is 12.5 Å². The number of hydrogen-bond donors (Lipinski definition) is 0. The number of carbonyl (C=O) groups is 1. The van der Waals surface area contributed by atoms with Crippen LogP contribution in [-0.4, -0.2) is 36.0 Å². The van der Waals surface area contributed by atoms with Gasteiger partial charge >= 0.3 is 0 Å². The Labute approximate surface area is 105 Å². The lowest BCUT2D eigenvalue weighted by atomic mass is 10.2. The number of hydrogen-bond acceptors (Lipinski definition) is 4. The molecule has 2 rings (SSSR count). The molecule has 0 saturated heterocycles. The van der Waals surface area contributed by atoms with Crippen LogP contribution in [0.5, 0.6) is 0 Å². The van der Waals surface area contributed by atoms with Gasteiger partial charge in [-0.3, -0.25) is 4.79 Å². The highest BCUT2D eigenvalue weighted by atomic mass is 32.2. The minimum atomic E-state index is -3.31. The summed E-state index contributed by atoms with van der Waals surface area (Å²) in [5.41, 5.74) is 1.11. The standard InChI is InChI=1S/C12H12N2O3S/c1-18(16,17)9-12(15)10-7-13-14(8-10)11-5-3-2-4-6-11/h2-8H,9H2,1H3. The van der Waals surface area contributed by atoms with Crippen molar-refractivity contribution in [3.63, 3.8) is 0 Å². The lowest BCUT2D eigenvalue weighted by Gasteiger charge is -1.99. The summed E-state index contributed by atoms with van der Waals surface area (Å²) in [6.45, 7) is 0. The molecule has 0 aliphatic carbocycles. The van der Waals surface area contributed by atoms with Gasteiger partial charge in [0.05, 0.1) is 17.4 Å². The first-order valence-electron chi connectivity index (χ1n) is 5.27. The summed E-state index contributed by atoms with van der Waals surface area (Å²) < 4.78 is 23.6. The third-order valence-corrected chi connectivity index (χ3v) is 3.11. The fourth-order valence-corrected chi connectivity index (χ4v) is 2.15. The van der Waals surface area contributed by atoms with E-state index in [1.807, 2.05) is 30.3 Å². The monoisotopic (exact) mass is 264 g/mol. The molecule has 94 valence electrons. The van der Waals surface area contributed by atoms with Crippen molar-refractivity contribution in [2.75, 3.05) is 12.0 Å². The zero-order valence-corrected chi connectivity index (χ0v) is 10.6. The molecule has 6 heteroatoms. The third kappa shape index (κ3) is 3.04. The van der Waals surface area contributed by atoms with Crippen LogP contribution in [0.2, 0.25) is 0 Å². The summed E-state index contributed by atoms with van der Waals surface area (Å²) in [7, 11) is -3.31. The summed E-state index contributed by atoms with van der Waals surface area (Å²) in [5.74, 6) is -0.937. The fraction of sp³-hybridized carbons (Fsp3) is 0.167. The van der Waals surface area contributed by atoms with Crippen LogP contribution < -0.4 is 0 Å². The molecule has 0 bridgehead atoms. The largest absolute Gasteiger partial charge is 0.293 e. The third-order valence-electron chi connectivity index (χ3n) is 2.32. The minimum Gasteiger partial charge on any atom is -0.293 e. The summed E-state index contributed by atoms with van der Waals surface area (Å²) >= 11 is 0. The van der Waals surface area contributed by atoms with Crippen molar-refractivity contribution >= 4 is 15.6 Å². The topological polar surface area (TPSA) is 69.0 Å². The normalized spacial score (nSPS) is 11.4. The van der Waals surface area contributed by atoms with E-state index in [-0.39, 0.29) is 0 Å². The van der Waals surface area contributed by atoms with E-state index in [0.29, 0.717) is 5.56 Å². The van der Waals surface area contributed by atoms with Gasteiger partial charge < -0.3 is 0 Å². The van der Waals surface area contributed by atoms with Crippen LogP contribution in [0, 0.1) is 0 Å². The lowest BCUT2D eigenvalue weighted by Crippen LogP contribution is -2.13. The van der Waals surface area contributed by atoms with Gasteiger partial charge in [-0.25, -0.2) is 13.1 Å². The van der Waals surface area contributed by atoms with E-state index in [2.05, 4.69) is 5.10 Å². The molecule has 0 amide bonds. The molecule has 0 radical (unpaired) electrons. The van der Waals surface area contributed by atoms with Crippen LogP contribution in [0.3, 0.4) is 0 Å². The summed E-state index contributed by atoms with van der Waals surface area (Å²) in [4.78, 5) is 11.7. The number of para-hydroxylation sites is 1. The molecule has 0 N–H and O–H groups in total. The Bertz CT molecular complexity index is 660. The summed E-state index contributed by atoms with van der Waals surface area (Å²) in [6.07, 6.45) is 3.94. The van der Waals surface area contributed by atoms with Crippen molar-refractivity contribution in [1.29, 1.82) is 0 Å². The number of Topliss-reactive ketones (excluding diaryl/α,β-unsaturated/α-hetero) is 1. The van der Waals surface area contributed by atoms with Crippen LogP contribution in [0.1, 0.15) is 10.4 Å². The molecule has 18 heavy (non-hydrogen) atoms. The predicted octanol–water partition coefficient (Wildman–Crippen LogP) is 1.10. The number of rotatable bonds is 4. The zero-order chi connectivity index (χ0) is 13.2. The molecule has 1 heterocycles. The van der Waals surface area contributed by atoms with Crippen molar-refractivity contribution in [3.05, 3.63) is 48.3 Å². The smallest absolute Gasteiger partial charge is 0.181 e. The van der Waals surface area contributed by atoms with Crippen LogP contribution in [0.15, 0.2) is 42.7 Å². The van der Waals surface area contributed by atoms with E-state index in [4.69, 9.17) is 0 Å². The molecule has 0 saturated carbocycles. The van der Waals surface area contributed by atoms with Crippen molar-refractivity contribution in [2.24, 2.45) is 0 Å². The Kier molecular flexibility index (Phi) is 3.29. The van der Waals surface area contributed by atoms with Crippen molar-refractivity contribution in [1.82, 2.24) is 9.78 Å². The van der Waals surface area contributed by atoms with Gasteiger partial charge in [0.2, 0.25) is 0 Å². The van der Waals surface area contributed by atoms with Crippen LogP contribution >= 0.6 is 0 Å². The van der Waals surface area contributed by atoms with Gasteiger partial charge in [-0.1, -0.05) is 18.2 Å². The molecule has 0 fully saturated rings. The van der Waals surface area contributed by atoms with Gasteiger partial charge in [0.1, 0.15) is 5.75 Å². The van der Waals surface area contributed by atoms with Gasteiger partial charge in [-0.05, 0) is 12.1 Å². The van der Waals surface area contributed by atoms with Gasteiger partial charge in [0.25, 0.3) is 0 Å². The second kappa shape index (κ2) is 4.73. The van der Waals surface area contributed by atoms with Gasteiger partial charge in [0.15, 0.2) is 15.6 Å². The van der Waals surface area contributed by atoms with Crippen molar-refractivity contribution in [3.8, 4) is 5.69 Å². The number of ketones is 1. The van der Waals surface area contributed by atoms with E-state index in [1.165, 1.54) is 17.1 Å². The van der Waals surface area contributed by atoms with E-state index in [1.54, 1.807) is 0 Å². The molecule has 0 unspecified atom stereocenters. The maximum absolute atomic E-state index is 11.7. The highest BCUT2D eigenvalue weighted by Gasteiger charge is 2.15. The van der Waals surface area contributed by atoms with E-state index >= 15 is 0 Å². The number of carbonyl (C=O) groups excluding carboxylic acids is 1. The SMILES string of the molecule is CS(=O)(=O)CC(=O)c1cnn(-c2ccccc2)c1. The van der Waals surface area contributed by atoms with E-state index < -0.39 is 21.4 Å². The first-order chi connectivity index (χ1) is 8.46. The molecule has 1 aromatic carbocycles. The Hall–Kier alpha value is -1.95. The van der Waals surface area contributed by atoms with E-state index in [0.717, 1.165) is 11.9 Å².